The number of ether oxygens (including phenoxy) is 1. The van der Waals surface area contributed by atoms with E-state index in [1.807, 2.05) is 0 Å². The lowest BCUT2D eigenvalue weighted by molar-refractivity contribution is 0.0593. The summed E-state index contributed by atoms with van der Waals surface area (Å²) in [7, 11) is 1.27. The fourth-order valence-electron chi connectivity index (χ4n) is 1.69. The second kappa shape index (κ2) is 6.00. The minimum absolute atomic E-state index is 0.127. The molecule has 0 atom stereocenters. The first kappa shape index (κ1) is 14.4. The molecule has 0 amide bonds. The monoisotopic (exact) mass is 287 g/mol. The number of benzene rings is 1. The predicted octanol–water partition coefficient (Wildman–Crippen LogP) is 2.01. The van der Waals surface area contributed by atoms with E-state index in [1.165, 1.54) is 25.3 Å². The quantitative estimate of drug-likeness (QED) is 0.829. The van der Waals surface area contributed by atoms with E-state index in [9.17, 15) is 9.59 Å². The normalized spacial score (nSPS) is 10.0. The largest absolute Gasteiger partial charge is 0.478 e. The van der Waals surface area contributed by atoms with Crippen LogP contribution in [0.25, 0.3) is 0 Å². The number of aromatic carboxylic acids is 1. The Labute approximate surface area is 120 Å². The van der Waals surface area contributed by atoms with Crippen LogP contribution in [0.15, 0.2) is 30.3 Å². The van der Waals surface area contributed by atoms with E-state index in [0.29, 0.717) is 11.4 Å². The summed E-state index contributed by atoms with van der Waals surface area (Å²) in [4.78, 5) is 30.6. The number of nitrogens with zero attached hydrogens (tertiary/aromatic N) is 2. The van der Waals surface area contributed by atoms with Gasteiger partial charge >= 0.3 is 11.9 Å². The van der Waals surface area contributed by atoms with Crippen LogP contribution in [0.1, 0.15) is 26.5 Å². The average Bonchev–Trinajstić information content (AvgIpc) is 2.46. The highest BCUT2D eigenvalue weighted by Gasteiger charge is 2.11. The highest BCUT2D eigenvalue weighted by Crippen LogP contribution is 2.16. The molecule has 7 nitrogen and oxygen atoms in total. The van der Waals surface area contributed by atoms with Gasteiger partial charge in [0.15, 0.2) is 5.69 Å². The molecule has 0 aliphatic heterocycles. The van der Waals surface area contributed by atoms with Gasteiger partial charge in [-0.2, -0.15) is 0 Å². The van der Waals surface area contributed by atoms with E-state index >= 15 is 0 Å². The van der Waals surface area contributed by atoms with Gasteiger partial charge < -0.3 is 15.2 Å². The Morgan fingerprint density at radius 3 is 2.67 bits per heavy atom. The van der Waals surface area contributed by atoms with E-state index in [1.54, 1.807) is 19.1 Å². The van der Waals surface area contributed by atoms with Crippen molar-refractivity contribution in [1.82, 2.24) is 9.97 Å². The van der Waals surface area contributed by atoms with E-state index in [2.05, 4.69) is 20.0 Å². The summed E-state index contributed by atoms with van der Waals surface area (Å²) in [5.41, 5.74) is 1.36. The van der Waals surface area contributed by atoms with Crippen molar-refractivity contribution in [2.24, 2.45) is 0 Å². The lowest BCUT2D eigenvalue weighted by Crippen LogP contribution is -2.08. The van der Waals surface area contributed by atoms with Crippen LogP contribution >= 0.6 is 0 Å². The Morgan fingerprint density at radius 1 is 1.24 bits per heavy atom. The lowest BCUT2D eigenvalue weighted by atomic mass is 10.2. The van der Waals surface area contributed by atoms with Crippen molar-refractivity contribution >= 4 is 23.6 Å². The molecular weight excluding hydrogens is 274 g/mol. The predicted molar refractivity (Wildman–Crippen MR) is 74.8 cm³/mol. The highest BCUT2D eigenvalue weighted by molar-refractivity contribution is 5.89. The summed E-state index contributed by atoms with van der Waals surface area (Å²) in [6.45, 7) is 1.72. The maximum atomic E-state index is 11.5. The van der Waals surface area contributed by atoms with Gasteiger partial charge in [-0.05, 0) is 31.2 Å². The zero-order chi connectivity index (χ0) is 15.4. The molecule has 2 aromatic rings. The Morgan fingerprint density at radius 2 is 2.00 bits per heavy atom. The molecule has 0 aliphatic rings. The van der Waals surface area contributed by atoms with E-state index < -0.39 is 11.9 Å². The van der Waals surface area contributed by atoms with Crippen molar-refractivity contribution in [3.8, 4) is 0 Å². The Hall–Kier alpha value is -2.96. The molecule has 7 heteroatoms. The number of hydrogen-bond acceptors (Lipinski definition) is 6. The van der Waals surface area contributed by atoms with Crippen LogP contribution in [0, 0.1) is 6.92 Å². The summed E-state index contributed by atoms with van der Waals surface area (Å²) < 4.78 is 4.61. The number of aromatic nitrogens is 2. The Kier molecular flexibility index (Phi) is 4.13. The number of hydrogen-bond donors (Lipinski definition) is 2. The van der Waals surface area contributed by atoms with Crippen LogP contribution in [0.2, 0.25) is 0 Å². The molecule has 0 saturated carbocycles. The smallest absolute Gasteiger partial charge is 0.356 e. The van der Waals surface area contributed by atoms with E-state index in [4.69, 9.17) is 5.11 Å². The van der Waals surface area contributed by atoms with Crippen molar-refractivity contribution in [3.63, 3.8) is 0 Å². The van der Waals surface area contributed by atoms with Gasteiger partial charge in [-0.25, -0.2) is 19.6 Å². The van der Waals surface area contributed by atoms with Crippen LogP contribution in [0.3, 0.4) is 0 Å². The maximum absolute atomic E-state index is 11.5. The number of aryl methyl sites for hydroxylation is 1. The summed E-state index contributed by atoms with van der Waals surface area (Å²) >= 11 is 0. The summed E-state index contributed by atoms with van der Waals surface area (Å²) in [6, 6.07) is 7.71. The minimum Gasteiger partial charge on any atom is -0.478 e. The molecule has 0 aliphatic carbocycles. The summed E-state index contributed by atoms with van der Waals surface area (Å²) in [5.74, 6) is -1.40. The second-order valence-electron chi connectivity index (χ2n) is 4.22. The van der Waals surface area contributed by atoms with Crippen LogP contribution in [0.4, 0.5) is 11.6 Å². The Bertz CT molecular complexity index is 700. The molecule has 0 unspecified atom stereocenters. The van der Waals surface area contributed by atoms with E-state index in [0.717, 1.165) is 0 Å². The minimum atomic E-state index is -1.03. The number of carboxylic acid groups (broad SMARTS) is 1. The molecular formula is C14H13N3O4. The number of rotatable bonds is 4. The molecule has 1 aromatic carbocycles. The van der Waals surface area contributed by atoms with Crippen LogP contribution in [-0.2, 0) is 4.74 Å². The SMILES string of the molecule is COC(=O)c1cc(C)nc(Nc2cccc(C(=O)O)c2)n1. The van der Waals surface area contributed by atoms with Gasteiger partial charge in [-0.3, -0.25) is 0 Å². The van der Waals surface area contributed by atoms with Crippen molar-refractivity contribution in [3.05, 3.63) is 47.3 Å². The molecule has 1 heterocycles. The third kappa shape index (κ3) is 3.53. The molecule has 1 aromatic heterocycles. The number of carbonyl (C=O) groups is 2. The number of anilines is 2. The molecule has 0 spiro atoms. The van der Waals surface area contributed by atoms with Crippen molar-refractivity contribution < 1.29 is 19.4 Å². The second-order valence-corrected chi connectivity index (χ2v) is 4.22. The van der Waals surface area contributed by atoms with Crippen LogP contribution in [-0.4, -0.2) is 34.1 Å². The third-order valence-corrected chi connectivity index (χ3v) is 2.61. The molecule has 108 valence electrons. The zero-order valence-electron chi connectivity index (χ0n) is 11.5. The lowest BCUT2D eigenvalue weighted by Gasteiger charge is -2.08. The van der Waals surface area contributed by atoms with Gasteiger partial charge in [-0.1, -0.05) is 6.07 Å². The fourth-order valence-corrected chi connectivity index (χ4v) is 1.69. The van der Waals surface area contributed by atoms with Gasteiger partial charge in [0.25, 0.3) is 0 Å². The maximum Gasteiger partial charge on any atom is 0.356 e. The average molecular weight is 287 g/mol. The number of esters is 1. The molecule has 2 rings (SSSR count). The standard InChI is InChI=1S/C14H13N3O4/c1-8-6-11(13(20)21-2)17-14(15-8)16-10-5-3-4-9(7-10)12(18)19/h3-7H,1-2H3,(H,18,19)(H,15,16,17). The van der Waals surface area contributed by atoms with Crippen molar-refractivity contribution in [2.45, 2.75) is 6.92 Å². The first-order chi connectivity index (χ1) is 9.99. The Balaban J connectivity index is 2.31. The number of carboxylic acids is 1. The van der Waals surface area contributed by atoms with Crippen molar-refractivity contribution in [1.29, 1.82) is 0 Å². The van der Waals surface area contributed by atoms with E-state index in [-0.39, 0.29) is 17.2 Å². The molecule has 0 bridgehead atoms. The number of carbonyl (C=O) groups excluding carboxylic acids is 1. The molecule has 2 N–H and O–H groups in total. The first-order valence-electron chi connectivity index (χ1n) is 6.04. The highest BCUT2D eigenvalue weighted by atomic mass is 16.5. The third-order valence-electron chi connectivity index (χ3n) is 2.61. The summed E-state index contributed by atoms with van der Waals surface area (Å²) in [5, 5.41) is 11.8. The molecule has 21 heavy (non-hydrogen) atoms. The zero-order valence-corrected chi connectivity index (χ0v) is 11.5. The summed E-state index contributed by atoms with van der Waals surface area (Å²) in [6.07, 6.45) is 0. The fraction of sp³-hybridized carbons (Fsp3) is 0.143. The van der Waals surface area contributed by atoms with Gasteiger partial charge in [0.05, 0.1) is 12.7 Å². The molecule has 0 radical (unpaired) electrons. The van der Waals surface area contributed by atoms with Gasteiger partial charge in [-0.15, -0.1) is 0 Å². The number of methoxy groups -OCH3 is 1. The van der Waals surface area contributed by atoms with Crippen LogP contribution in [0.5, 0.6) is 0 Å². The number of nitrogens with one attached hydrogen (secondary N) is 1. The van der Waals surface area contributed by atoms with Gasteiger partial charge in [0.1, 0.15) is 0 Å². The topological polar surface area (TPSA) is 101 Å². The van der Waals surface area contributed by atoms with Crippen molar-refractivity contribution in [2.75, 3.05) is 12.4 Å². The molecule has 0 saturated heterocycles. The molecule has 0 fully saturated rings. The first-order valence-corrected chi connectivity index (χ1v) is 6.04. The van der Waals surface area contributed by atoms with Gasteiger partial charge in [0.2, 0.25) is 5.95 Å². The van der Waals surface area contributed by atoms with Crippen LogP contribution < -0.4 is 5.32 Å². The van der Waals surface area contributed by atoms with Gasteiger partial charge in [0, 0.05) is 11.4 Å².